The molecule has 1 atom stereocenters. The maximum atomic E-state index is 9.43. The third-order valence-corrected chi connectivity index (χ3v) is 3.45. The first kappa shape index (κ1) is 13.0. The maximum absolute atomic E-state index is 9.43. The van der Waals surface area contributed by atoms with E-state index in [0.717, 1.165) is 11.1 Å². The Kier molecular flexibility index (Phi) is 3.45. The van der Waals surface area contributed by atoms with Crippen molar-refractivity contribution >= 4 is 0 Å². The monoisotopic (exact) mass is 276 g/mol. The van der Waals surface area contributed by atoms with Crippen LogP contribution in [0.15, 0.2) is 42.5 Å². The smallest absolute Gasteiger partial charge is 0.231 e. The Balaban J connectivity index is 1.85. The Morgan fingerprint density at radius 3 is 2.71 bits per heavy atom. The Bertz CT molecular complexity index is 756. The minimum atomic E-state index is -0.284. The van der Waals surface area contributed by atoms with Crippen LogP contribution in [-0.4, -0.2) is 6.79 Å². The summed E-state index contributed by atoms with van der Waals surface area (Å²) in [6, 6.07) is 17.3. The second kappa shape index (κ2) is 5.56. The second-order valence-electron chi connectivity index (χ2n) is 4.81. The summed E-state index contributed by atoms with van der Waals surface area (Å²) in [5.74, 6) is 1.11. The Labute approximate surface area is 122 Å². The molecule has 0 saturated carbocycles. The van der Waals surface area contributed by atoms with E-state index in [1.807, 2.05) is 36.4 Å². The van der Waals surface area contributed by atoms with Crippen molar-refractivity contribution in [3.63, 3.8) is 0 Å². The van der Waals surface area contributed by atoms with Crippen LogP contribution in [-0.2, 0) is 6.42 Å². The fourth-order valence-electron chi connectivity index (χ4n) is 2.37. The highest BCUT2D eigenvalue weighted by atomic mass is 16.7. The first-order valence-corrected chi connectivity index (χ1v) is 6.58. The molecule has 0 aromatic heterocycles. The van der Waals surface area contributed by atoms with Crippen molar-refractivity contribution in [2.75, 3.05) is 6.79 Å². The number of nitrogens with zero attached hydrogens (tertiary/aromatic N) is 2. The largest absolute Gasteiger partial charge is 0.454 e. The van der Waals surface area contributed by atoms with Gasteiger partial charge in [0.05, 0.1) is 23.6 Å². The van der Waals surface area contributed by atoms with Crippen LogP contribution in [0.4, 0.5) is 0 Å². The van der Waals surface area contributed by atoms with Gasteiger partial charge in [0.2, 0.25) is 6.79 Å². The normalized spacial score (nSPS) is 13.2. The number of rotatable bonds is 3. The number of nitriles is 2. The average Bonchev–Trinajstić information content (AvgIpc) is 3.00. The molecule has 4 nitrogen and oxygen atoms in total. The van der Waals surface area contributed by atoms with E-state index < -0.39 is 0 Å². The summed E-state index contributed by atoms with van der Waals surface area (Å²) in [6.45, 7) is 0.222. The first-order valence-electron chi connectivity index (χ1n) is 6.58. The van der Waals surface area contributed by atoms with Crippen molar-refractivity contribution in [3.8, 4) is 23.6 Å². The fraction of sp³-hybridized carbons (Fsp3) is 0.176. The van der Waals surface area contributed by atoms with E-state index in [1.54, 1.807) is 6.07 Å². The number of hydrogen-bond donors (Lipinski definition) is 0. The van der Waals surface area contributed by atoms with Crippen molar-refractivity contribution in [3.05, 3.63) is 59.2 Å². The third kappa shape index (κ3) is 2.66. The molecule has 2 aromatic carbocycles. The van der Waals surface area contributed by atoms with Gasteiger partial charge in [0.15, 0.2) is 11.5 Å². The lowest BCUT2D eigenvalue weighted by Crippen LogP contribution is -2.01. The lowest BCUT2D eigenvalue weighted by molar-refractivity contribution is 0.174. The van der Waals surface area contributed by atoms with Crippen LogP contribution in [0, 0.1) is 22.7 Å². The zero-order valence-electron chi connectivity index (χ0n) is 11.2. The van der Waals surface area contributed by atoms with Gasteiger partial charge in [0, 0.05) is 0 Å². The molecule has 0 amide bonds. The number of ether oxygens (including phenoxy) is 2. The van der Waals surface area contributed by atoms with E-state index >= 15 is 0 Å². The van der Waals surface area contributed by atoms with E-state index in [-0.39, 0.29) is 12.7 Å². The molecule has 0 aliphatic carbocycles. The Morgan fingerprint density at radius 1 is 1.05 bits per heavy atom. The van der Waals surface area contributed by atoms with Crippen LogP contribution in [0.25, 0.3) is 0 Å². The van der Waals surface area contributed by atoms with E-state index in [0.29, 0.717) is 23.5 Å². The summed E-state index contributed by atoms with van der Waals surface area (Å²) in [6.07, 6.45) is 0.561. The molecule has 21 heavy (non-hydrogen) atoms. The molecular weight excluding hydrogens is 264 g/mol. The van der Waals surface area contributed by atoms with Gasteiger partial charge in [0.25, 0.3) is 0 Å². The van der Waals surface area contributed by atoms with Gasteiger partial charge in [-0.2, -0.15) is 10.5 Å². The van der Waals surface area contributed by atoms with Gasteiger partial charge in [-0.1, -0.05) is 18.2 Å². The SMILES string of the molecule is N#Cc1cccc(CC(C#N)c2ccc3c(c2)OCO3)c1. The predicted octanol–water partition coefficient (Wildman–Crippen LogP) is 3.14. The molecule has 2 aromatic rings. The molecule has 0 radical (unpaired) electrons. The molecule has 0 spiro atoms. The van der Waals surface area contributed by atoms with Crippen LogP contribution in [0.3, 0.4) is 0 Å². The average molecular weight is 276 g/mol. The topological polar surface area (TPSA) is 66.0 Å². The van der Waals surface area contributed by atoms with Gasteiger partial charge < -0.3 is 9.47 Å². The molecule has 102 valence electrons. The molecule has 1 unspecified atom stereocenters. The highest BCUT2D eigenvalue weighted by Gasteiger charge is 2.18. The molecule has 1 heterocycles. The molecule has 0 bridgehead atoms. The van der Waals surface area contributed by atoms with E-state index in [9.17, 15) is 5.26 Å². The van der Waals surface area contributed by atoms with Gasteiger partial charge >= 0.3 is 0 Å². The molecule has 4 heteroatoms. The van der Waals surface area contributed by atoms with Crippen molar-refractivity contribution in [2.24, 2.45) is 0 Å². The summed E-state index contributed by atoms with van der Waals surface area (Å²) < 4.78 is 10.6. The summed E-state index contributed by atoms with van der Waals surface area (Å²) >= 11 is 0. The van der Waals surface area contributed by atoms with Crippen molar-refractivity contribution < 1.29 is 9.47 Å². The minimum absolute atomic E-state index is 0.222. The molecule has 0 saturated heterocycles. The highest BCUT2D eigenvalue weighted by Crippen LogP contribution is 2.35. The van der Waals surface area contributed by atoms with Gasteiger partial charge in [-0.3, -0.25) is 0 Å². The predicted molar refractivity (Wildman–Crippen MR) is 75.8 cm³/mol. The summed E-state index contributed by atoms with van der Waals surface area (Å²) in [7, 11) is 0. The Hall–Kier alpha value is -2.98. The summed E-state index contributed by atoms with van der Waals surface area (Å²) in [5, 5.41) is 18.4. The van der Waals surface area contributed by atoms with E-state index in [2.05, 4.69) is 12.1 Å². The molecule has 0 fully saturated rings. The van der Waals surface area contributed by atoms with Crippen LogP contribution in [0.1, 0.15) is 22.6 Å². The Morgan fingerprint density at radius 2 is 1.90 bits per heavy atom. The maximum Gasteiger partial charge on any atom is 0.231 e. The quantitative estimate of drug-likeness (QED) is 0.863. The fourth-order valence-corrected chi connectivity index (χ4v) is 2.37. The standard InChI is InChI=1S/C17H12N2O2/c18-9-13-3-1-2-12(6-13)7-15(10-19)14-4-5-16-17(8-14)21-11-20-16/h1-6,8,15H,7,11H2. The summed E-state index contributed by atoms with van der Waals surface area (Å²) in [4.78, 5) is 0. The second-order valence-corrected chi connectivity index (χ2v) is 4.81. The molecule has 0 N–H and O–H groups in total. The first-order chi connectivity index (χ1) is 10.3. The van der Waals surface area contributed by atoms with Gasteiger partial charge in [-0.15, -0.1) is 0 Å². The van der Waals surface area contributed by atoms with Crippen LogP contribution in [0.5, 0.6) is 11.5 Å². The van der Waals surface area contributed by atoms with Crippen LogP contribution >= 0.6 is 0 Å². The number of benzene rings is 2. The lowest BCUT2D eigenvalue weighted by atomic mass is 9.92. The highest BCUT2D eigenvalue weighted by molar-refractivity contribution is 5.47. The van der Waals surface area contributed by atoms with Crippen LogP contribution < -0.4 is 9.47 Å². The van der Waals surface area contributed by atoms with E-state index in [1.165, 1.54) is 0 Å². The van der Waals surface area contributed by atoms with E-state index in [4.69, 9.17) is 14.7 Å². The minimum Gasteiger partial charge on any atom is -0.454 e. The zero-order chi connectivity index (χ0) is 14.7. The van der Waals surface area contributed by atoms with Crippen molar-refractivity contribution in [1.29, 1.82) is 10.5 Å². The van der Waals surface area contributed by atoms with Gasteiger partial charge in [-0.25, -0.2) is 0 Å². The third-order valence-electron chi connectivity index (χ3n) is 3.45. The zero-order valence-corrected chi connectivity index (χ0v) is 11.2. The molecule has 1 aliphatic rings. The van der Waals surface area contributed by atoms with Crippen molar-refractivity contribution in [2.45, 2.75) is 12.3 Å². The molecule has 1 aliphatic heterocycles. The number of fused-ring (bicyclic) bond motifs is 1. The van der Waals surface area contributed by atoms with Gasteiger partial charge in [0.1, 0.15) is 0 Å². The van der Waals surface area contributed by atoms with Crippen molar-refractivity contribution in [1.82, 2.24) is 0 Å². The number of hydrogen-bond acceptors (Lipinski definition) is 4. The summed E-state index contributed by atoms with van der Waals surface area (Å²) in [5.41, 5.74) is 2.47. The lowest BCUT2D eigenvalue weighted by Gasteiger charge is -2.10. The van der Waals surface area contributed by atoms with Crippen LogP contribution in [0.2, 0.25) is 0 Å². The molecule has 3 rings (SSSR count). The molecular formula is C17H12N2O2. The van der Waals surface area contributed by atoms with Gasteiger partial charge in [-0.05, 0) is 41.8 Å².